The quantitative estimate of drug-likeness (QED) is 0.568. The summed E-state index contributed by atoms with van der Waals surface area (Å²) in [5.74, 6) is 0.327. The van der Waals surface area contributed by atoms with Gasteiger partial charge in [0.1, 0.15) is 11.6 Å². The van der Waals surface area contributed by atoms with Gasteiger partial charge in [0.25, 0.3) is 0 Å². The average Bonchev–Trinajstić information content (AvgIpc) is 3.05. The molecule has 2 heterocycles. The highest BCUT2D eigenvalue weighted by atomic mass is 35.5. The molecule has 104 valence electrons. The van der Waals surface area contributed by atoms with E-state index in [1.807, 2.05) is 37.4 Å². The number of aromatic nitrogens is 2. The number of rotatable bonds is 2. The first-order chi connectivity index (χ1) is 10.1. The average molecular weight is 316 g/mol. The van der Waals surface area contributed by atoms with Crippen molar-refractivity contribution < 1.29 is 5.11 Å². The van der Waals surface area contributed by atoms with Gasteiger partial charge in [-0.25, -0.2) is 4.98 Å². The third-order valence-corrected chi connectivity index (χ3v) is 4.40. The molecule has 3 aromatic rings. The van der Waals surface area contributed by atoms with Crippen molar-refractivity contribution in [2.24, 2.45) is 7.05 Å². The smallest absolute Gasteiger partial charge is 0.155 e. The Morgan fingerprint density at radius 2 is 2.10 bits per heavy atom. The molecule has 0 fully saturated rings. The minimum absolute atomic E-state index is 0.104. The molecule has 21 heavy (non-hydrogen) atoms. The van der Waals surface area contributed by atoms with Gasteiger partial charge in [-0.3, -0.25) is 0 Å². The Labute approximate surface area is 130 Å². The number of aryl methyl sites for hydroxylation is 1. The summed E-state index contributed by atoms with van der Waals surface area (Å²) in [6.45, 7) is 0. The second kappa shape index (κ2) is 5.24. The van der Waals surface area contributed by atoms with Crippen molar-refractivity contribution in [3.05, 3.63) is 51.4 Å². The van der Waals surface area contributed by atoms with E-state index in [0.29, 0.717) is 15.0 Å². The summed E-state index contributed by atoms with van der Waals surface area (Å²) in [5, 5.41) is 19.8. The number of aliphatic hydroxyl groups excluding tert-OH is 1. The van der Waals surface area contributed by atoms with Crippen LogP contribution in [0.25, 0.3) is 22.4 Å². The van der Waals surface area contributed by atoms with Gasteiger partial charge in [0.05, 0.1) is 20.2 Å². The molecule has 0 aliphatic carbocycles. The number of allylic oxidation sites excluding steroid dienone is 1. The van der Waals surface area contributed by atoms with E-state index < -0.39 is 0 Å². The Bertz CT molecular complexity index is 901. The first-order valence-electron chi connectivity index (χ1n) is 6.12. The molecule has 0 saturated carbocycles. The van der Waals surface area contributed by atoms with E-state index in [1.165, 1.54) is 11.3 Å². The van der Waals surface area contributed by atoms with Crippen LogP contribution in [0, 0.1) is 11.3 Å². The van der Waals surface area contributed by atoms with Crippen molar-refractivity contribution >= 4 is 45.3 Å². The van der Waals surface area contributed by atoms with Crippen LogP contribution < -0.4 is 0 Å². The summed E-state index contributed by atoms with van der Waals surface area (Å²) >= 11 is 7.09. The fourth-order valence-electron chi connectivity index (χ4n) is 2.14. The Morgan fingerprint density at radius 3 is 2.71 bits per heavy atom. The number of hydrogen-bond acceptors (Lipinski definition) is 4. The molecule has 0 radical (unpaired) electrons. The first kappa shape index (κ1) is 13.7. The van der Waals surface area contributed by atoms with Crippen LogP contribution in [0.2, 0.25) is 4.34 Å². The largest absolute Gasteiger partial charge is 0.505 e. The summed E-state index contributed by atoms with van der Waals surface area (Å²) in [6.07, 6.45) is 0. The van der Waals surface area contributed by atoms with Crippen molar-refractivity contribution in [3.8, 4) is 6.07 Å². The van der Waals surface area contributed by atoms with Crippen LogP contribution >= 0.6 is 22.9 Å². The van der Waals surface area contributed by atoms with E-state index in [0.717, 1.165) is 11.0 Å². The molecule has 1 aromatic carbocycles. The summed E-state index contributed by atoms with van der Waals surface area (Å²) in [6, 6.07) is 13.0. The highest BCUT2D eigenvalue weighted by Crippen LogP contribution is 2.31. The second-order valence-corrected chi connectivity index (χ2v) is 6.14. The normalized spacial score (nSPS) is 12.2. The number of hydrogen-bond donors (Lipinski definition) is 1. The number of halogens is 1. The maximum absolute atomic E-state index is 10.4. The van der Waals surface area contributed by atoms with Crippen molar-refractivity contribution in [1.82, 2.24) is 9.55 Å². The minimum Gasteiger partial charge on any atom is -0.505 e. The van der Waals surface area contributed by atoms with Crippen LogP contribution in [0.15, 0.2) is 36.4 Å². The van der Waals surface area contributed by atoms with Crippen molar-refractivity contribution in [2.75, 3.05) is 0 Å². The molecule has 6 heteroatoms. The van der Waals surface area contributed by atoms with Crippen LogP contribution in [0.5, 0.6) is 0 Å². The summed E-state index contributed by atoms with van der Waals surface area (Å²) < 4.78 is 2.35. The molecule has 3 rings (SSSR count). The van der Waals surface area contributed by atoms with Crippen LogP contribution in [0.3, 0.4) is 0 Å². The maximum atomic E-state index is 10.4. The van der Waals surface area contributed by atoms with Gasteiger partial charge in [-0.05, 0) is 24.3 Å². The molecule has 0 saturated heterocycles. The lowest BCUT2D eigenvalue weighted by molar-refractivity contribution is 0.515. The van der Waals surface area contributed by atoms with Crippen LogP contribution in [0.1, 0.15) is 10.7 Å². The number of para-hydroxylation sites is 2. The lowest BCUT2D eigenvalue weighted by atomic mass is 10.2. The van der Waals surface area contributed by atoms with Crippen molar-refractivity contribution in [3.63, 3.8) is 0 Å². The molecule has 0 bridgehead atoms. The van der Waals surface area contributed by atoms with Gasteiger partial charge >= 0.3 is 0 Å². The van der Waals surface area contributed by atoms with Crippen molar-refractivity contribution in [1.29, 1.82) is 5.26 Å². The summed E-state index contributed by atoms with van der Waals surface area (Å²) in [4.78, 5) is 4.98. The SMILES string of the molecule is Cn1c(C(C#N)=C(O)c2ccc(Cl)s2)nc2ccccc21. The molecule has 2 aromatic heterocycles. The van der Waals surface area contributed by atoms with Crippen LogP contribution in [-0.4, -0.2) is 14.7 Å². The van der Waals surface area contributed by atoms with E-state index in [2.05, 4.69) is 4.98 Å². The number of thiophene rings is 1. The Morgan fingerprint density at radius 1 is 1.33 bits per heavy atom. The van der Waals surface area contributed by atoms with E-state index in [9.17, 15) is 10.4 Å². The van der Waals surface area contributed by atoms with Gasteiger partial charge in [0.15, 0.2) is 11.6 Å². The number of imidazole rings is 1. The summed E-state index contributed by atoms with van der Waals surface area (Å²) in [7, 11) is 1.82. The lowest BCUT2D eigenvalue weighted by Crippen LogP contribution is -1.98. The molecule has 0 unspecified atom stereocenters. The Balaban J connectivity index is 2.23. The van der Waals surface area contributed by atoms with E-state index in [-0.39, 0.29) is 11.3 Å². The van der Waals surface area contributed by atoms with Crippen molar-refractivity contribution in [2.45, 2.75) is 0 Å². The van der Waals surface area contributed by atoms with E-state index >= 15 is 0 Å². The molecule has 0 aliphatic heterocycles. The topological polar surface area (TPSA) is 61.8 Å². The Hall–Kier alpha value is -2.29. The van der Waals surface area contributed by atoms with Gasteiger partial charge in [0, 0.05) is 7.05 Å². The molecule has 4 nitrogen and oxygen atoms in total. The zero-order chi connectivity index (χ0) is 15.0. The highest BCUT2D eigenvalue weighted by molar-refractivity contribution is 7.17. The number of nitrogens with zero attached hydrogens (tertiary/aromatic N) is 3. The van der Waals surface area contributed by atoms with Gasteiger partial charge in [0.2, 0.25) is 0 Å². The number of nitriles is 1. The second-order valence-electron chi connectivity index (χ2n) is 4.42. The van der Waals surface area contributed by atoms with E-state index in [4.69, 9.17) is 11.6 Å². The lowest BCUT2D eigenvalue weighted by Gasteiger charge is -2.03. The van der Waals surface area contributed by atoms with Gasteiger partial charge in [-0.2, -0.15) is 5.26 Å². The van der Waals surface area contributed by atoms with Gasteiger partial charge in [-0.1, -0.05) is 23.7 Å². The standard InChI is InChI=1S/C15H10ClN3OS/c1-19-11-5-3-2-4-10(11)18-15(19)9(8-17)14(20)12-6-7-13(16)21-12/h2-7,20H,1H3. The Kier molecular flexibility index (Phi) is 3.42. The van der Waals surface area contributed by atoms with Gasteiger partial charge in [-0.15, -0.1) is 11.3 Å². The van der Waals surface area contributed by atoms with Gasteiger partial charge < -0.3 is 9.67 Å². The predicted molar refractivity (Wildman–Crippen MR) is 85.1 cm³/mol. The fraction of sp³-hybridized carbons (Fsp3) is 0.0667. The van der Waals surface area contributed by atoms with Crippen LogP contribution in [-0.2, 0) is 7.05 Å². The van der Waals surface area contributed by atoms with Crippen LogP contribution in [0.4, 0.5) is 0 Å². The molecule has 0 atom stereocenters. The molecule has 0 spiro atoms. The first-order valence-corrected chi connectivity index (χ1v) is 7.32. The number of benzene rings is 1. The van der Waals surface area contributed by atoms with E-state index in [1.54, 1.807) is 16.7 Å². The monoisotopic (exact) mass is 315 g/mol. The number of aliphatic hydroxyl groups is 1. The fourth-order valence-corrected chi connectivity index (χ4v) is 3.14. The molecular weight excluding hydrogens is 306 g/mol. The third kappa shape index (κ3) is 2.29. The highest BCUT2D eigenvalue weighted by Gasteiger charge is 2.18. The number of fused-ring (bicyclic) bond motifs is 1. The molecular formula is C15H10ClN3OS. The molecule has 0 amide bonds. The predicted octanol–water partition coefficient (Wildman–Crippen LogP) is 4.24. The molecule has 0 aliphatic rings. The minimum atomic E-state index is -0.104. The zero-order valence-corrected chi connectivity index (χ0v) is 12.6. The zero-order valence-electron chi connectivity index (χ0n) is 11.0. The third-order valence-electron chi connectivity index (χ3n) is 3.17. The molecule has 1 N–H and O–H groups in total. The summed E-state index contributed by atoms with van der Waals surface area (Å²) in [5.41, 5.74) is 1.81. The maximum Gasteiger partial charge on any atom is 0.155 e.